The number of ether oxygens (including phenoxy) is 3. The quantitative estimate of drug-likeness (QED) is 0.257. The number of nitrogens with zero attached hydrogens (tertiary/aromatic N) is 1. The van der Waals surface area contributed by atoms with Gasteiger partial charge in [-0.1, -0.05) is 18.2 Å². The number of urea groups is 1. The Morgan fingerprint density at radius 3 is 2.56 bits per heavy atom. The smallest absolute Gasteiger partial charge is 0.335 e. The highest BCUT2D eigenvalue weighted by atomic mass is 127. The first-order valence-corrected chi connectivity index (χ1v) is 12.2. The van der Waals surface area contributed by atoms with Crippen LogP contribution in [0.4, 0.5) is 10.5 Å². The number of amides is 4. The van der Waals surface area contributed by atoms with Crippen molar-refractivity contribution in [3.63, 3.8) is 0 Å². The lowest BCUT2D eigenvalue weighted by Gasteiger charge is -2.26. The maximum Gasteiger partial charge on any atom is 0.335 e. The predicted molar refractivity (Wildman–Crippen MR) is 141 cm³/mol. The van der Waals surface area contributed by atoms with Crippen molar-refractivity contribution in [2.75, 3.05) is 11.7 Å². The Labute approximate surface area is 221 Å². The number of imide groups is 2. The van der Waals surface area contributed by atoms with E-state index in [9.17, 15) is 14.4 Å². The van der Waals surface area contributed by atoms with Gasteiger partial charge in [-0.05, 0) is 101 Å². The molecular weight excluding hydrogens is 575 g/mol. The van der Waals surface area contributed by atoms with Gasteiger partial charge in [-0.25, -0.2) is 9.69 Å². The lowest BCUT2D eigenvalue weighted by molar-refractivity contribution is -0.122. The van der Waals surface area contributed by atoms with E-state index >= 15 is 0 Å². The molecule has 0 radical (unpaired) electrons. The number of rotatable bonds is 5. The molecule has 2 heterocycles. The normalized spacial score (nSPS) is 15.9. The van der Waals surface area contributed by atoms with Crippen LogP contribution in [-0.2, 0) is 16.2 Å². The number of carbonyl (C=O) groups is 3. The molecule has 5 rings (SSSR count). The van der Waals surface area contributed by atoms with Gasteiger partial charge in [0.15, 0.2) is 11.5 Å². The van der Waals surface area contributed by atoms with E-state index in [-0.39, 0.29) is 12.4 Å². The number of hydrogen-bond donors (Lipinski definition) is 1. The highest BCUT2D eigenvalue weighted by Gasteiger charge is 2.36. The van der Waals surface area contributed by atoms with Crippen LogP contribution in [0.3, 0.4) is 0 Å². The average Bonchev–Trinajstić information content (AvgIpc) is 3.31. The fourth-order valence-corrected chi connectivity index (χ4v) is 4.53. The van der Waals surface area contributed by atoms with Crippen LogP contribution in [0, 0.1) is 17.4 Å². The highest BCUT2D eigenvalue weighted by Crippen LogP contribution is 2.33. The van der Waals surface area contributed by atoms with E-state index in [1.165, 1.54) is 6.08 Å². The largest absolute Gasteiger partial charge is 0.488 e. The lowest BCUT2D eigenvalue weighted by atomic mass is 10.1. The summed E-state index contributed by atoms with van der Waals surface area (Å²) in [5.74, 6) is 0.650. The van der Waals surface area contributed by atoms with Crippen LogP contribution in [0.15, 0.2) is 60.2 Å². The summed E-state index contributed by atoms with van der Waals surface area (Å²) in [6.07, 6.45) is 1.47. The van der Waals surface area contributed by atoms with Gasteiger partial charge in [0.05, 0.1) is 9.26 Å². The summed E-state index contributed by atoms with van der Waals surface area (Å²) in [5, 5.41) is 2.26. The van der Waals surface area contributed by atoms with Crippen LogP contribution in [0.1, 0.15) is 22.3 Å². The number of barbiturate groups is 1. The third-order valence-corrected chi connectivity index (χ3v) is 6.79. The van der Waals surface area contributed by atoms with Crippen molar-refractivity contribution in [1.82, 2.24) is 5.32 Å². The van der Waals surface area contributed by atoms with Crippen LogP contribution in [0.25, 0.3) is 6.08 Å². The molecule has 3 aromatic rings. The second kappa shape index (κ2) is 9.65. The van der Waals surface area contributed by atoms with Crippen LogP contribution in [0.2, 0.25) is 0 Å². The van der Waals surface area contributed by atoms with Crippen molar-refractivity contribution in [2.24, 2.45) is 0 Å². The zero-order valence-corrected chi connectivity index (χ0v) is 21.6. The Morgan fingerprint density at radius 2 is 1.78 bits per heavy atom. The van der Waals surface area contributed by atoms with Crippen LogP contribution < -0.4 is 24.4 Å². The molecule has 182 valence electrons. The summed E-state index contributed by atoms with van der Waals surface area (Å²) >= 11 is 2.14. The third-order valence-electron chi connectivity index (χ3n) is 5.95. The highest BCUT2D eigenvalue weighted by molar-refractivity contribution is 14.1. The molecule has 2 aliphatic rings. The maximum atomic E-state index is 13.2. The first-order chi connectivity index (χ1) is 17.3. The molecular formula is C27H21IN2O6. The minimum Gasteiger partial charge on any atom is -0.488 e. The summed E-state index contributed by atoms with van der Waals surface area (Å²) in [7, 11) is 0. The van der Waals surface area contributed by atoms with Gasteiger partial charge < -0.3 is 14.2 Å². The lowest BCUT2D eigenvalue weighted by Crippen LogP contribution is -2.54. The predicted octanol–water partition coefficient (Wildman–Crippen LogP) is 4.88. The number of benzene rings is 3. The van der Waals surface area contributed by atoms with Crippen molar-refractivity contribution in [1.29, 1.82) is 0 Å². The molecule has 1 fully saturated rings. The standard InChI is InChI=1S/C27H21IN2O6/c1-15-3-6-19(9-16(15)2)30-26(32)20(25(31)29-27(30)33)10-17-4-7-22(21(28)11-17)34-13-18-5-8-23-24(12-18)36-14-35-23/h3-12H,13-14H2,1-2H3,(H,29,31,33)/b20-10+. The van der Waals surface area contributed by atoms with Gasteiger partial charge in [-0.15, -0.1) is 0 Å². The summed E-state index contributed by atoms with van der Waals surface area (Å²) in [6.45, 7) is 4.38. The molecule has 0 aliphatic carbocycles. The molecule has 0 bridgehead atoms. The maximum absolute atomic E-state index is 13.2. The number of nitrogens with one attached hydrogen (secondary N) is 1. The molecule has 0 unspecified atom stereocenters. The fraction of sp³-hybridized carbons (Fsp3) is 0.148. The number of fused-ring (bicyclic) bond motifs is 1. The molecule has 1 N–H and O–H groups in total. The van der Waals surface area contributed by atoms with E-state index in [0.717, 1.165) is 25.2 Å². The first-order valence-electron chi connectivity index (χ1n) is 11.1. The Bertz CT molecular complexity index is 1450. The van der Waals surface area contributed by atoms with Crippen molar-refractivity contribution in [3.05, 3.63) is 86.0 Å². The SMILES string of the molecule is Cc1ccc(N2C(=O)NC(=O)/C(=C\c3ccc(OCc4ccc5c(c4)OCO5)c(I)c3)C2=O)cc1C. The van der Waals surface area contributed by atoms with Crippen LogP contribution >= 0.6 is 22.6 Å². The minimum atomic E-state index is -0.771. The number of halogens is 1. The van der Waals surface area contributed by atoms with Crippen LogP contribution in [-0.4, -0.2) is 24.6 Å². The summed E-state index contributed by atoms with van der Waals surface area (Å²) < 4.78 is 17.5. The summed E-state index contributed by atoms with van der Waals surface area (Å²) in [4.78, 5) is 39.1. The van der Waals surface area contributed by atoms with Crippen molar-refractivity contribution in [3.8, 4) is 17.2 Å². The van der Waals surface area contributed by atoms with Gasteiger partial charge in [-0.3, -0.25) is 14.9 Å². The molecule has 1 saturated heterocycles. The van der Waals surface area contributed by atoms with Gasteiger partial charge in [0.25, 0.3) is 11.8 Å². The monoisotopic (exact) mass is 596 g/mol. The van der Waals surface area contributed by atoms with E-state index in [4.69, 9.17) is 14.2 Å². The first kappa shape index (κ1) is 23.9. The Morgan fingerprint density at radius 1 is 0.972 bits per heavy atom. The summed E-state index contributed by atoms with van der Waals surface area (Å²) in [6, 6.07) is 15.5. The van der Waals surface area contributed by atoms with Gasteiger partial charge in [0.1, 0.15) is 17.9 Å². The Hall–Kier alpha value is -3.86. The molecule has 3 aromatic carbocycles. The number of aryl methyl sites for hydroxylation is 2. The van der Waals surface area contributed by atoms with Gasteiger partial charge >= 0.3 is 6.03 Å². The third kappa shape index (κ3) is 4.66. The molecule has 4 amide bonds. The number of hydrogen-bond acceptors (Lipinski definition) is 6. The van der Waals surface area contributed by atoms with Gasteiger partial charge in [0.2, 0.25) is 6.79 Å². The van der Waals surface area contributed by atoms with Gasteiger partial charge in [-0.2, -0.15) is 0 Å². The zero-order valence-electron chi connectivity index (χ0n) is 19.5. The van der Waals surface area contributed by atoms with E-state index in [0.29, 0.717) is 35.1 Å². The topological polar surface area (TPSA) is 94.2 Å². The van der Waals surface area contributed by atoms with Crippen molar-refractivity contribution in [2.45, 2.75) is 20.5 Å². The van der Waals surface area contributed by atoms with E-state index in [2.05, 4.69) is 27.9 Å². The number of carbonyl (C=O) groups excluding carboxylic acids is 3. The van der Waals surface area contributed by atoms with Gasteiger partial charge in [0, 0.05) is 0 Å². The Kier molecular flexibility index (Phi) is 6.40. The van der Waals surface area contributed by atoms with E-state index in [1.807, 2.05) is 38.1 Å². The van der Waals surface area contributed by atoms with E-state index < -0.39 is 17.8 Å². The van der Waals surface area contributed by atoms with Crippen LogP contribution in [0.5, 0.6) is 17.2 Å². The fourth-order valence-electron chi connectivity index (χ4n) is 3.84. The molecule has 8 nitrogen and oxygen atoms in total. The molecule has 0 spiro atoms. The molecule has 36 heavy (non-hydrogen) atoms. The second-order valence-electron chi connectivity index (χ2n) is 8.39. The molecule has 2 aliphatic heterocycles. The molecule has 0 aromatic heterocycles. The van der Waals surface area contributed by atoms with Crippen molar-refractivity contribution < 1.29 is 28.6 Å². The van der Waals surface area contributed by atoms with E-state index in [1.54, 1.807) is 30.3 Å². The molecule has 0 saturated carbocycles. The average molecular weight is 596 g/mol. The Balaban J connectivity index is 1.35. The number of anilines is 1. The molecule has 0 atom stereocenters. The molecule has 9 heteroatoms. The zero-order chi connectivity index (χ0) is 25.4. The van der Waals surface area contributed by atoms with Crippen molar-refractivity contribution >= 4 is 52.2 Å². The minimum absolute atomic E-state index is 0.127. The summed E-state index contributed by atoms with van der Waals surface area (Å²) in [5.41, 5.74) is 3.80. The second-order valence-corrected chi connectivity index (χ2v) is 9.55.